The lowest BCUT2D eigenvalue weighted by Gasteiger charge is -1.95. The summed E-state index contributed by atoms with van der Waals surface area (Å²) in [4.78, 5) is 0. The Kier molecular flexibility index (Phi) is 4.10. The highest BCUT2D eigenvalue weighted by molar-refractivity contribution is 4.43. The maximum atomic E-state index is 10.3. The second-order valence-electron chi connectivity index (χ2n) is 1.95. The molecule has 0 aromatic heterocycles. The van der Waals surface area contributed by atoms with Crippen LogP contribution in [0.15, 0.2) is 0 Å². The van der Waals surface area contributed by atoms with E-state index in [2.05, 4.69) is 6.92 Å². The number of unbranched alkanes of at least 4 members (excludes halogenated alkanes) is 1. The standard InChI is InChI=1S/C6H13O/c1-3-4-5-6(2)7/h6H,3-5H2,1-2H3/t6-/m0/s1. The average Bonchev–Trinajstić information content (AvgIpc) is 1.61. The summed E-state index contributed by atoms with van der Waals surface area (Å²) < 4.78 is 0. The predicted molar refractivity (Wildman–Crippen MR) is 29.7 cm³/mol. The van der Waals surface area contributed by atoms with Gasteiger partial charge in [-0.2, -0.15) is 0 Å². The third kappa shape index (κ3) is 5.96. The largest absolute Gasteiger partial charge is 0.233 e. The minimum absolute atomic E-state index is 0.347. The van der Waals surface area contributed by atoms with E-state index in [0.717, 1.165) is 19.3 Å². The summed E-state index contributed by atoms with van der Waals surface area (Å²) in [6.07, 6.45) is 2.73. The van der Waals surface area contributed by atoms with Crippen LogP contribution in [0, 0.1) is 0 Å². The van der Waals surface area contributed by atoms with Gasteiger partial charge in [-0.1, -0.05) is 19.8 Å². The van der Waals surface area contributed by atoms with Crippen molar-refractivity contribution < 1.29 is 5.11 Å². The summed E-state index contributed by atoms with van der Waals surface area (Å²) in [5.74, 6) is 0. The summed E-state index contributed by atoms with van der Waals surface area (Å²) in [5, 5.41) is 10.3. The molecular formula is C6H13O. The van der Waals surface area contributed by atoms with E-state index in [-0.39, 0.29) is 6.10 Å². The van der Waals surface area contributed by atoms with Crippen LogP contribution in [0.25, 0.3) is 0 Å². The van der Waals surface area contributed by atoms with E-state index in [4.69, 9.17) is 0 Å². The molecule has 0 spiro atoms. The van der Waals surface area contributed by atoms with E-state index >= 15 is 0 Å². The first-order chi connectivity index (χ1) is 3.27. The van der Waals surface area contributed by atoms with Crippen molar-refractivity contribution in [1.29, 1.82) is 0 Å². The lowest BCUT2D eigenvalue weighted by molar-refractivity contribution is 0.0956. The summed E-state index contributed by atoms with van der Waals surface area (Å²) in [6.45, 7) is 3.82. The Labute approximate surface area is 45.4 Å². The topological polar surface area (TPSA) is 19.9 Å². The molecule has 1 atom stereocenters. The van der Waals surface area contributed by atoms with Crippen molar-refractivity contribution in [2.24, 2.45) is 0 Å². The lowest BCUT2D eigenvalue weighted by atomic mass is 10.2. The van der Waals surface area contributed by atoms with E-state index in [1.807, 2.05) is 0 Å². The fourth-order valence-electron chi connectivity index (χ4n) is 0.492. The van der Waals surface area contributed by atoms with Crippen LogP contribution in [0.3, 0.4) is 0 Å². The minimum atomic E-state index is -0.347. The van der Waals surface area contributed by atoms with Crippen molar-refractivity contribution in [1.82, 2.24) is 0 Å². The average molecular weight is 101 g/mol. The molecule has 0 aromatic carbocycles. The van der Waals surface area contributed by atoms with E-state index in [9.17, 15) is 5.11 Å². The zero-order valence-electron chi connectivity index (χ0n) is 5.11. The molecular weight excluding hydrogens is 88.1 g/mol. The minimum Gasteiger partial charge on any atom is -0.233 e. The van der Waals surface area contributed by atoms with Gasteiger partial charge in [-0.3, -0.25) is 0 Å². The van der Waals surface area contributed by atoms with Crippen molar-refractivity contribution >= 4 is 0 Å². The van der Waals surface area contributed by atoms with E-state index in [1.165, 1.54) is 0 Å². The molecule has 1 radical (unpaired) electrons. The Morgan fingerprint density at radius 3 is 2.29 bits per heavy atom. The van der Waals surface area contributed by atoms with Crippen molar-refractivity contribution in [3.05, 3.63) is 0 Å². The van der Waals surface area contributed by atoms with Crippen LogP contribution in [0.1, 0.15) is 33.1 Å². The maximum Gasteiger partial charge on any atom is 0.0902 e. The molecule has 1 nitrogen and oxygen atoms in total. The summed E-state index contributed by atoms with van der Waals surface area (Å²) in [6, 6.07) is 0. The van der Waals surface area contributed by atoms with E-state index in [0.29, 0.717) is 0 Å². The SMILES string of the molecule is CCCC[C@H](C)[O]. The smallest absolute Gasteiger partial charge is 0.0902 e. The van der Waals surface area contributed by atoms with Gasteiger partial charge in [-0.15, -0.1) is 0 Å². The zero-order valence-corrected chi connectivity index (χ0v) is 5.11. The van der Waals surface area contributed by atoms with Crippen molar-refractivity contribution in [2.45, 2.75) is 39.2 Å². The second kappa shape index (κ2) is 4.13. The summed E-state index contributed by atoms with van der Waals surface area (Å²) in [7, 11) is 0. The van der Waals surface area contributed by atoms with Gasteiger partial charge >= 0.3 is 0 Å². The van der Waals surface area contributed by atoms with Crippen molar-refractivity contribution in [2.75, 3.05) is 0 Å². The molecule has 0 fully saturated rings. The first-order valence-electron chi connectivity index (χ1n) is 2.93. The van der Waals surface area contributed by atoms with Gasteiger partial charge in [0, 0.05) is 0 Å². The van der Waals surface area contributed by atoms with E-state index in [1.54, 1.807) is 6.92 Å². The normalized spacial score (nSPS) is 14.1. The molecule has 0 heterocycles. The van der Waals surface area contributed by atoms with Crippen LogP contribution < -0.4 is 0 Å². The van der Waals surface area contributed by atoms with Crippen molar-refractivity contribution in [3.8, 4) is 0 Å². The van der Waals surface area contributed by atoms with Gasteiger partial charge in [-0.05, 0) is 13.3 Å². The molecule has 1 heteroatoms. The quantitative estimate of drug-likeness (QED) is 0.518. The number of hydrogen-bond donors (Lipinski definition) is 0. The molecule has 0 saturated carbocycles. The van der Waals surface area contributed by atoms with Crippen LogP contribution in [0.4, 0.5) is 0 Å². The first kappa shape index (κ1) is 6.96. The highest BCUT2D eigenvalue weighted by Crippen LogP contribution is 1.97. The molecule has 0 N–H and O–H groups in total. The Bertz CT molecular complexity index is 33.2. The fraction of sp³-hybridized carbons (Fsp3) is 1.00. The highest BCUT2D eigenvalue weighted by Gasteiger charge is 1.92. The third-order valence-corrected chi connectivity index (χ3v) is 0.964. The molecule has 7 heavy (non-hydrogen) atoms. The zero-order chi connectivity index (χ0) is 5.70. The van der Waals surface area contributed by atoms with Gasteiger partial charge in [0.1, 0.15) is 0 Å². The van der Waals surface area contributed by atoms with Crippen LogP contribution in [0.5, 0.6) is 0 Å². The summed E-state index contributed by atoms with van der Waals surface area (Å²) >= 11 is 0. The molecule has 0 aromatic rings. The highest BCUT2D eigenvalue weighted by atomic mass is 16.3. The number of rotatable bonds is 3. The monoisotopic (exact) mass is 101 g/mol. The Balaban J connectivity index is 2.68. The van der Waals surface area contributed by atoms with E-state index < -0.39 is 0 Å². The Morgan fingerprint density at radius 1 is 1.57 bits per heavy atom. The van der Waals surface area contributed by atoms with Gasteiger partial charge in [0.2, 0.25) is 0 Å². The second-order valence-corrected chi connectivity index (χ2v) is 1.95. The molecule has 0 saturated heterocycles. The third-order valence-electron chi connectivity index (χ3n) is 0.964. The molecule has 43 valence electrons. The molecule has 0 aliphatic heterocycles. The van der Waals surface area contributed by atoms with Crippen LogP contribution in [-0.2, 0) is 5.11 Å². The van der Waals surface area contributed by atoms with Gasteiger partial charge in [0.15, 0.2) is 0 Å². The van der Waals surface area contributed by atoms with Crippen LogP contribution in [0.2, 0.25) is 0 Å². The van der Waals surface area contributed by atoms with Crippen LogP contribution in [-0.4, -0.2) is 6.10 Å². The molecule has 0 aliphatic rings. The Morgan fingerprint density at radius 2 is 2.14 bits per heavy atom. The lowest BCUT2D eigenvalue weighted by Crippen LogP contribution is -1.94. The van der Waals surface area contributed by atoms with Gasteiger partial charge in [0.25, 0.3) is 0 Å². The molecule has 0 unspecified atom stereocenters. The molecule has 0 aliphatic carbocycles. The maximum absolute atomic E-state index is 10.3. The Hall–Kier alpha value is -0.0400. The molecule has 0 bridgehead atoms. The van der Waals surface area contributed by atoms with Gasteiger partial charge < -0.3 is 0 Å². The van der Waals surface area contributed by atoms with Crippen LogP contribution >= 0.6 is 0 Å². The number of hydrogen-bond acceptors (Lipinski definition) is 0. The predicted octanol–water partition coefficient (Wildman–Crippen LogP) is 2.00. The van der Waals surface area contributed by atoms with Crippen molar-refractivity contribution in [3.63, 3.8) is 0 Å². The molecule has 0 rings (SSSR count). The van der Waals surface area contributed by atoms with Gasteiger partial charge in [-0.25, -0.2) is 5.11 Å². The van der Waals surface area contributed by atoms with Gasteiger partial charge in [0.05, 0.1) is 6.10 Å². The summed E-state index contributed by atoms with van der Waals surface area (Å²) in [5.41, 5.74) is 0. The fourth-order valence-corrected chi connectivity index (χ4v) is 0.492. The first-order valence-corrected chi connectivity index (χ1v) is 2.93. The molecule has 0 amide bonds.